The highest BCUT2D eigenvalue weighted by Gasteiger charge is 2.13. The predicted octanol–water partition coefficient (Wildman–Crippen LogP) is 2.21. The molecule has 0 radical (unpaired) electrons. The molecular formula is C16H23N3O. The highest BCUT2D eigenvalue weighted by molar-refractivity contribution is 5.83. The van der Waals surface area contributed by atoms with Crippen molar-refractivity contribution in [1.29, 1.82) is 0 Å². The van der Waals surface area contributed by atoms with Gasteiger partial charge in [-0.05, 0) is 18.1 Å². The van der Waals surface area contributed by atoms with Crippen LogP contribution in [0.1, 0.15) is 26.3 Å². The maximum absolute atomic E-state index is 11.3. The molecule has 2 rings (SSSR count). The van der Waals surface area contributed by atoms with Gasteiger partial charge in [-0.2, -0.15) is 0 Å². The number of carbonyl (C=O) groups excluding carboxylic acids is 1. The molecule has 20 heavy (non-hydrogen) atoms. The lowest BCUT2D eigenvalue weighted by atomic mass is 10.0. The molecule has 1 atom stereocenters. The molecule has 0 aliphatic rings. The van der Waals surface area contributed by atoms with Crippen LogP contribution >= 0.6 is 0 Å². The first kappa shape index (κ1) is 14.6. The van der Waals surface area contributed by atoms with Gasteiger partial charge in [-0.1, -0.05) is 32.0 Å². The van der Waals surface area contributed by atoms with E-state index in [-0.39, 0.29) is 11.9 Å². The zero-order valence-electron chi connectivity index (χ0n) is 12.4. The molecule has 0 bridgehead atoms. The maximum Gasteiger partial charge on any atom is 0.217 e. The number of nitrogens with one attached hydrogen (secondary N) is 3. The molecule has 4 nitrogen and oxygen atoms in total. The van der Waals surface area contributed by atoms with Crippen molar-refractivity contribution in [1.82, 2.24) is 15.6 Å². The SMILES string of the molecule is CC(=O)NC(CNC(C)C)Cc1c[nH]c2ccccc12. The summed E-state index contributed by atoms with van der Waals surface area (Å²) < 4.78 is 0. The van der Waals surface area contributed by atoms with Gasteiger partial charge in [0, 0.05) is 42.7 Å². The van der Waals surface area contributed by atoms with Crippen LogP contribution in [0.5, 0.6) is 0 Å². The molecule has 4 heteroatoms. The van der Waals surface area contributed by atoms with Crippen molar-refractivity contribution in [3.63, 3.8) is 0 Å². The van der Waals surface area contributed by atoms with Crippen molar-refractivity contribution in [3.8, 4) is 0 Å². The first-order chi connectivity index (χ1) is 9.56. The second-order valence-corrected chi connectivity index (χ2v) is 5.52. The number of hydrogen-bond acceptors (Lipinski definition) is 2. The third-order valence-corrected chi connectivity index (χ3v) is 3.32. The largest absolute Gasteiger partial charge is 0.361 e. The van der Waals surface area contributed by atoms with Crippen LogP contribution in [-0.4, -0.2) is 29.5 Å². The maximum atomic E-state index is 11.3. The average Bonchev–Trinajstić information content (AvgIpc) is 2.79. The third-order valence-electron chi connectivity index (χ3n) is 3.32. The Labute approximate surface area is 120 Å². The Balaban J connectivity index is 2.11. The number of hydrogen-bond donors (Lipinski definition) is 3. The van der Waals surface area contributed by atoms with Crippen LogP contribution in [-0.2, 0) is 11.2 Å². The number of aromatic nitrogens is 1. The van der Waals surface area contributed by atoms with Crippen LogP contribution < -0.4 is 10.6 Å². The van der Waals surface area contributed by atoms with Crippen LogP contribution in [0.3, 0.4) is 0 Å². The Bertz CT molecular complexity index is 574. The van der Waals surface area contributed by atoms with Gasteiger partial charge in [-0.3, -0.25) is 4.79 Å². The highest BCUT2D eigenvalue weighted by atomic mass is 16.1. The molecule has 0 spiro atoms. The number of carbonyl (C=O) groups is 1. The fourth-order valence-electron chi connectivity index (χ4n) is 2.41. The van der Waals surface area contributed by atoms with Gasteiger partial charge in [0.2, 0.25) is 5.91 Å². The zero-order chi connectivity index (χ0) is 14.5. The van der Waals surface area contributed by atoms with Crippen LogP contribution in [0.25, 0.3) is 10.9 Å². The average molecular weight is 273 g/mol. The van der Waals surface area contributed by atoms with Gasteiger partial charge in [0.15, 0.2) is 0 Å². The smallest absolute Gasteiger partial charge is 0.217 e. The fraction of sp³-hybridized carbons (Fsp3) is 0.438. The molecule has 3 N–H and O–H groups in total. The summed E-state index contributed by atoms with van der Waals surface area (Å²) in [7, 11) is 0. The minimum atomic E-state index is 0.0143. The van der Waals surface area contributed by atoms with Crippen LogP contribution in [0.4, 0.5) is 0 Å². The van der Waals surface area contributed by atoms with Gasteiger partial charge in [0.25, 0.3) is 0 Å². The van der Waals surface area contributed by atoms with E-state index in [9.17, 15) is 4.79 Å². The summed E-state index contributed by atoms with van der Waals surface area (Å²) in [5.41, 5.74) is 2.38. The Morgan fingerprint density at radius 2 is 2.05 bits per heavy atom. The van der Waals surface area contributed by atoms with Crippen molar-refractivity contribution in [2.24, 2.45) is 0 Å². The van der Waals surface area contributed by atoms with E-state index in [1.807, 2.05) is 18.3 Å². The van der Waals surface area contributed by atoms with E-state index in [1.165, 1.54) is 10.9 Å². The van der Waals surface area contributed by atoms with Gasteiger partial charge in [0.05, 0.1) is 0 Å². The molecule has 0 fully saturated rings. The molecular weight excluding hydrogens is 250 g/mol. The Kier molecular flexibility index (Phi) is 4.79. The van der Waals surface area contributed by atoms with E-state index in [2.05, 4.69) is 41.6 Å². The summed E-state index contributed by atoms with van der Waals surface area (Å²) in [5.74, 6) is 0.0143. The molecule has 0 saturated carbocycles. The summed E-state index contributed by atoms with van der Waals surface area (Å²) in [6, 6.07) is 8.76. The van der Waals surface area contributed by atoms with Crippen molar-refractivity contribution >= 4 is 16.8 Å². The second-order valence-electron chi connectivity index (χ2n) is 5.52. The van der Waals surface area contributed by atoms with Gasteiger partial charge < -0.3 is 15.6 Å². The first-order valence-corrected chi connectivity index (χ1v) is 7.11. The lowest BCUT2D eigenvalue weighted by molar-refractivity contribution is -0.119. The number of para-hydroxylation sites is 1. The Morgan fingerprint density at radius 1 is 1.30 bits per heavy atom. The molecule has 1 heterocycles. The molecule has 1 aromatic heterocycles. The van der Waals surface area contributed by atoms with E-state index in [4.69, 9.17) is 0 Å². The van der Waals surface area contributed by atoms with Crippen LogP contribution in [0.2, 0.25) is 0 Å². The van der Waals surface area contributed by atoms with Crippen molar-refractivity contribution in [3.05, 3.63) is 36.0 Å². The molecule has 1 amide bonds. The Hall–Kier alpha value is -1.81. The number of aromatic amines is 1. The number of benzene rings is 1. The number of H-pyrrole nitrogens is 1. The molecule has 1 unspecified atom stereocenters. The van der Waals surface area contributed by atoms with E-state index in [0.29, 0.717) is 6.04 Å². The van der Waals surface area contributed by atoms with Crippen LogP contribution in [0, 0.1) is 0 Å². The van der Waals surface area contributed by atoms with Gasteiger partial charge in [-0.25, -0.2) is 0 Å². The summed E-state index contributed by atoms with van der Waals surface area (Å²) in [4.78, 5) is 14.6. The molecule has 0 saturated heterocycles. The molecule has 0 aliphatic heterocycles. The van der Waals surface area contributed by atoms with Crippen molar-refractivity contribution < 1.29 is 4.79 Å². The predicted molar refractivity (Wildman–Crippen MR) is 82.7 cm³/mol. The van der Waals surface area contributed by atoms with Crippen LogP contribution in [0.15, 0.2) is 30.5 Å². The summed E-state index contributed by atoms with van der Waals surface area (Å²) in [6.07, 6.45) is 2.86. The fourth-order valence-corrected chi connectivity index (χ4v) is 2.41. The summed E-state index contributed by atoms with van der Waals surface area (Å²) in [6.45, 7) is 6.56. The topological polar surface area (TPSA) is 56.9 Å². The quantitative estimate of drug-likeness (QED) is 0.756. The van der Waals surface area contributed by atoms with Crippen molar-refractivity contribution in [2.75, 3.05) is 6.54 Å². The monoisotopic (exact) mass is 273 g/mol. The van der Waals surface area contributed by atoms with E-state index in [0.717, 1.165) is 18.5 Å². The highest BCUT2D eigenvalue weighted by Crippen LogP contribution is 2.19. The van der Waals surface area contributed by atoms with Gasteiger partial charge >= 0.3 is 0 Å². The lowest BCUT2D eigenvalue weighted by Gasteiger charge is -2.20. The minimum absolute atomic E-state index is 0.0143. The third kappa shape index (κ3) is 3.84. The second kappa shape index (κ2) is 6.57. The van der Waals surface area contributed by atoms with E-state index < -0.39 is 0 Å². The zero-order valence-corrected chi connectivity index (χ0v) is 12.4. The molecule has 1 aromatic carbocycles. The molecule has 108 valence electrons. The molecule has 0 aliphatic carbocycles. The number of amides is 1. The standard InChI is InChI=1S/C16H23N3O/c1-11(2)17-10-14(19-12(3)20)8-13-9-18-16-7-5-4-6-15(13)16/h4-7,9,11,14,17-18H,8,10H2,1-3H3,(H,19,20). The normalized spacial score (nSPS) is 12.8. The number of rotatable bonds is 6. The first-order valence-electron chi connectivity index (χ1n) is 7.11. The number of fused-ring (bicyclic) bond motifs is 1. The lowest BCUT2D eigenvalue weighted by Crippen LogP contribution is -2.44. The van der Waals surface area contributed by atoms with E-state index >= 15 is 0 Å². The summed E-state index contributed by atoms with van der Waals surface area (Å²) in [5, 5.41) is 7.64. The van der Waals surface area contributed by atoms with Crippen molar-refractivity contribution in [2.45, 2.75) is 39.3 Å². The van der Waals surface area contributed by atoms with Gasteiger partial charge in [0.1, 0.15) is 0 Å². The summed E-state index contributed by atoms with van der Waals surface area (Å²) >= 11 is 0. The van der Waals surface area contributed by atoms with Gasteiger partial charge in [-0.15, -0.1) is 0 Å². The molecule has 2 aromatic rings. The Morgan fingerprint density at radius 3 is 2.75 bits per heavy atom. The minimum Gasteiger partial charge on any atom is -0.361 e. The van der Waals surface area contributed by atoms with E-state index in [1.54, 1.807) is 6.92 Å².